The summed E-state index contributed by atoms with van der Waals surface area (Å²) >= 11 is 0. The zero-order valence-corrected chi connectivity index (χ0v) is 17.7. The number of allylic oxidation sites excluding steroid dienone is 1. The monoisotopic (exact) mass is 416 g/mol. The van der Waals surface area contributed by atoms with Gasteiger partial charge in [0.1, 0.15) is 5.92 Å². The van der Waals surface area contributed by atoms with Gasteiger partial charge in [-0.15, -0.1) is 0 Å². The van der Waals surface area contributed by atoms with Crippen LogP contribution in [0.4, 0.5) is 0 Å². The predicted octanol–water partition coefficient (Wildman–Crippen LogP) is 4.61. The normalized spacial score (nSPS) is 18.5. The molecule has 0 bridgehead atoms. The summed E-state index contributed by atoms with van der Waals surface area (Å²) in [5, 5.41) is 28.9. The number of hydrogen-bond acceptors (Lipinski definition) is 5. The number of nitriles is 2. The van der Waals surface area contributed by atoms with Crippen LogP contribution in [-0.4, -0.2) is 37.1 Å². The second-order valence-electron chi connectivity index (χ2n) is 7.76. The second-order valence-corrected chi connectivity index (χ2v) is 7.76. The van der Waals surface area contributed by atoms with Crippen molar-refractivity contribution in [1.29, 1.82) is 10.5 Å². The van der Waals surface area contributed by atoms with E-state index in [1.54, 1.807) is 0 Å². The highest BCUT2D eigenvalue weighted by molar-refractivity contribution is 5.79. The Hall–Kier alpha value is -2.96. The molecule has 0 aromatic heterocycles. The van der Waals surface area contributed by atoms with Gasteiger partial charge in [0.25, 0.3) is 0 Å². The van der Waals surface area contributed by atoms with Crippen molar-refractivity contribution in [3.05, 3.63) is 77.4 Å². The Morgan fingerprint density at radius 2 is 1.39 bits per heavy atom. The Labute approximate surface area is 184 Å². The van der Waals surface area contributed by atoms with Crippen LogP contribution in [0.2, 0.25) is 0 Å². The van der Waals surface area contributed by atoms with Gasteiger partial charge >= 0.3 is 0 Å². The van der Waals surface area contributed by atoms with Gasteiger partial charge in [-0.1, -0.05) is 60.7 Å². The van der Waals surface area contributed by atoms with E-state index in [0.29, 0.717) is 26.1 Å². The maximum absolute atomic E-state index is 10.5. The molecule has 5 nitrogen and oxygen atoms in total. The lowest BCUT2D eigenvalue weighted by atomic mass is 9.78. The maximum atomic E-state index is 10.5. The average molecular weight is 417 g/mol. The molecule has 5 heteroatoms. The lowest BCUT2D eigenvalue weighted by Crippen LogP contribution is -2.41. The van der Waals surface area contributed by atoms with E-state index in [9.17, 15) is 15.6 Å². The molecule has 0 spiro atoms. The third-order valence-corrected chi connectivity index (χ3v) is 5.78. The van der Waals surface area contributed by atoms with Crippen LogP contribution in [0.1, 0.15) is 42.7 Å². The standard InChI is InChI=1S/C13H15NO2.C13H13NO/c14-10-12(11-4-2-1-3-5-11)13(15)6-8-16-9-7-13;14-10-13(11-4-2-1-3-5-11)12-6-8-15-9-7-12/h1-5,12,15H,6-9H2;1-5H,6-9H2. The molecule has 2 aromatic rings. The highest BCUT2D eigenvalue weighted by Gasteiger charge is 2.39. The molecule has 0 saturated carbocycles. The van der Waals surface area contributed by atoms with E-state index in [1.807, 2.05) is 60.7 Å². The molecule has 31 heavy (non-hydrogen) atoms. The molecule has 0 radical (unpaired) electrons. The van der Waals surface area contributed by atoms with Crippen molar-refractivity contribution in [2.75, 3.05) is 26.4 Å². The molecule has 1 N–H and O–H groups in total. The van der Waals surface area contributed by atoms with Crippen LogP contribution in [0, 0.1) is 22.7 Å². The van der Waals surface area contributed by atoms with Gasteiger partial charge in [0.05, 0.1) is 36.5 Å². The van der Waals surface area contributed by atoms with Crippen LogP contribution in [0.15, 0.2) is 66.2 Å². The van der Waals surface area contributed by atoms with Crippen LogP contribution < -0.4 is 0 Å². The smallest absolute Gasteiger partial charge is 0.100 e. The van der Waals surface area contributed by atoms with E-state index in [0.717, 1.165) is 42.8 Å². The first-order valence-corrected chi connectivity index (χ1v) is 10.7. The summed E-state index contributed by atoms with van der Waals surface area (Å²) in [5.74, 6) is -0.461. The Kier molecular flexibility index (Phi) is 8.38. The summed E-state index contributed by atoms with van der Waals surface area (Å²) in [4.78, 5) is 0. The van der Waals surface area contributed by atoms with E-state index in [2.05, 4.69) is 12.1 Å². The van der Waals surface area contributed by atoms with Gasteiger partial charge in [-0.3, -0.25) is 0 Å². The number of nitrogens with zero attached hydrogens (tertiary/aromatic N) is 2. The summed E-state index contributed by atoms with van der Waals surface area (Å²) in [5.41, 5.74) is 3.04. The van der Waals surface area contributed by atoms with Crippen molar-refractivity contribution in [2.45, 2.75) is 37.2 Å². The zero-order valence-electron chi connectivity index (χ0n) is 17.7. The average Bonchev–Trinajstić information content (AvgIpc) is 2.83. The summed E-state index contributed by atoms with van der Waals surface area (Å²) < 4.78 is 10.5. The van der Waals surface area contributed by atoms with Gasteiger partial charge in [-0.05, 0) is 29.5 Å². The molecule has 1 unspecified atom stereocenters. The topological polar surface area (TPSA) is 86.3 Å². The van der Waals surface area contributed by atoms with Crippen LogP contribution in [0.25, 0.3) is 5.57 Å². The number of benzene rings is 2. The first-order chi connectivity index (χ1) is 15.2. The lowest BCUT2D eigenvalue weighted by Gasteiger charge is -2.35. The Morgan fingerprint density at radius 3 is 1.94 bits per heavy atom. The fourth-order valence-corrected chi connectivity index (χ4v) is 3.98. The summed E-state index contributed by atoms with van der Waals surface area (Å²) in [6, 6.07) is 23.9. The van der Waals surface area contributed by atoms with Crippen molar-refractivity contribution in [2.24, 2.45) is 0 Å². The highest BCUT2D eigenvalue weighted by Crippen LogP contribution is 2.35. The molecular weight excluding hydrogens is 388 g/mol. The van der Waals surface area contributed by atoms with Crippen molar-refractivity contribution in [3.63, 3.8) is 0 Å². The van der Waals surface area contributed by atoms with Crippen molar-refractivity contribution < 1.29 is 14.6 Å². The molecule has 2 aliphatic rings. The second kappa shape index (κ2) is 11.4. The summed E-state index contributed by atoms with van der Waals surface area (Å²) in [6.45, 7) is 2.55. The molecule has 0 amide bonds. The van der Waals surface area contributed by atoms with Crippen molar-refractivity contribution in [1.82, 2.24) is 0 Å². The largest absolute Gasteiger partial charge is 0.388 e. The third-order valence-electron chi connectivity index (χ3n) is 5.78. The van der Waals surface area contributed by atoms with E-state index < -0.39 is 11.5 Å². The number of hydrogen-bond donors (Lipinski definition) is 1. The van der Waals surface area contributed by atoms with Crippen LogP contribution >= 0.6 is 0 Å². The molecule has 2 aromatic carbocycles. The Bertz CT molecular complexity index is 928. The van der Waals surface area contributed by atoms with Gasteiger partial charge in [0.15, 0.2) is 0 Å². The predicted molar refractivity (Wildman–Crippen MR) is 119 cm³/mol. The van der Waals surface area contributed by atoms with Gasteiger partial charge in [-0.2, -0.15) is 10.5 Å². The SMILES string of the molecule is N#CC(=C1CCOCC1)c1ccccc1.N#CC(c1ccccc1)C1(O)CCOCC1. The van der Waals surface area contributed by atoms with E-state index in [1.165, 1.54) is 5.57 Å². The van der Waals surface area contributed by atoms with Gasteiger partial charge in [-0.25, -0.2) is 0 Å². The number of aliphatic hydroxyl groups is 1. The molecule has 1 atom stereocenters. The van der Waals surface area contributed by atoms with Crippen LogP contribution in [-0.2, 0) is 9.47 Å². The molecule has 2 fully saturated rings. The van der Waals surface area contributed by atoms with Gasteiger partial charge in [0, 0.05) is 26.1 Å². The zero-order chi connectivity index (χ0) is 21.9. The summed E-state index contributed by atoms with van der Waals surface area (Å²) in [6.07, 6.45) is 2.83. The molecule has 2 heterocycles. The molecule has 2 saturated heterocycles. The molecular formula is C26H28N2O3. The fourth-order valence-electron chi connectivity index (χ4n) is 3.98. The number of rotatable bonds is 3. The number of ether oxygens (including phenoxy) is 2. The molecule has 2 aliphatic heterocycles. The maximum Gasteiger partial charge on any atom is 0.100 e. The van der Waals surface area contributed by atoms with Crippen molar-refractivity contribution in [3.8, 4) is 12.1 Å². The first kappa shape index (κ1) is 22.7. The minimum Gasteiger partial charge on any atom is -0.388 e. The Balaban J connectivity index is 0.000000176. The summed E-state index contributed by atoms with van der Waals surface area (Å²) in [7, 11) is 0. The minimum absolute atomic E-state index is 0.461. The highest BCUT2D eigenvalue weighted by atomic mass is 16.5. The molecule has 4 rings (SSSR count). The molecule has 160 valence electrons. The van der Waals surface area contributed by atoms with Gasteiger partial charge in [0.2, 0.25) is 0 Å². The third kappa shape index (κ3) is 6.03. The van der Waals surface area contributed by atoms with E-state index >= 15 is 0 Å². The first-order valence-electron chi connectivity index (χ1n) is 10.7. The Morgan fingerprint density at radius 1 is 0.839 bits per heavy atom. The van der Waals surface area contributed by atoms with Gasteiger partial charge < -0.3 is 14.6 Å². The fraction of sp³-hybridized carbons (Fsp3) is 0.385. The molecule has 0 aliphatic carbocycles. The van der Waals surface area contributed by atoms with Crippen LogP contribution in [0.3, 0.4) is 0 Å². The lowest BCUT2D eigenvalue weighted by molar-refractivity contribution is -0.0702. The van der Waals surface area contributed by atoms with E-state index in [4.69, 9.17) is 9.47 Å². The van der Waals surface area contributed by atoms with E-state index in [-0.39, 0.29) is 0 Å². The van der Waals surface area contributed by atoms with Crippen LogP contribution in [0.5, 0.6) is 0 Å². The quantitative estimate of drug-likeness (QED) is 0.739. The minimum atomic E-state index is -0.936. The van der Waals surface area contributed by atoms with Crippen molar-refractivity contribution >= 4 is 5.57 Å².